The quantitative estimate of drug-likeness (QED) is 0.747. The minimum atomic E-state index is -0.368. The molecule has 0 aromatic heterocycles. The summed E-state index contributed by atoms with van der Waals surface area (Å²) in [5.74, 6) is 0.825. The van der Waals surface area contributed by atoms with Gasteiger partial charge in [-0.05, 0) is 54.1 Å². The molecule has 0 unspecified atom stereocenters. The van der Waals surface area contributed by atoms with Crippen LogP contribution in [0.3, 0.4) is 0 Å². The Labute approximate surface area is 151 Å². The number of phenols is 1. The number of hydrogen-bond acceptors (Lipinski definition) is 4. The average Bonchev–Trinajstić information content (AvgIpc) is 2.69. The van der Waals surface area contributed by atoms with Gasteiger partial charge in [-0.15, -0.1) is 0 Å². The number of nitrogens with zero attached hydrogens (tertiary/aromatic N) is 1. The van der Waals surface area contributed by atoms with E-state index in [1.165, 1.54) is 0 Å². The van der Waals surface area contributed by atoms with Gasteiger partial charge in [-0.3, -0.25) is 9.69 Å². The Hall–Kier alpha value is -3.47. The highest BCUT2D eigenvalue weighted by Gasteiger charge is 2.33. The molecule has 0 saturated heterocycles. The molecule has 0 fully saturated rings. The molecular formula is C21H18N2O3. The molecule has 3 aromatic rings. The van der Waals surface area contributed by atoms with Crippen LogP contribution in [0.15, 0.2) is 72.8 Å². The smallest absolute Gasteiger partial charge is 0.262 e. The number of ether oxygens (including phenoxy) is 1. The van der Waals surface area contributed by atoms with Crippen LogP contribution in [0.2, 0.25) is 0 Å². The fourth-order valence-electron chi connectivity index (χ4n) is 3.15. The number of methoxy groups -OCH3 is 1. The second kappa shape index (κ2) is 6.44. The van der Waals surface area contributed by atoms with Crippen molar-refractivity contribution < 1.29 is 14.6 Å². The summed E-state index contributed by atoms with van der Waals surface area (Å²) in [6, 6.07) is 21.7. The molecule has 1 heterocycles. The number of carbonyl (C=O) groups excluding carboxylic acids is 1. The van der Waals surface area contributed by atoms with Crippen LogP contribution in [-0.2, 0) is 0 Å². The first-order chi connectivity index (χ1) is 12.7. The molecular weight excluding hydrogens is 328 g/mol. The maximum Gasteiger partial charge on any atom is 0.262 e. The molecule has 0 saturated carbocycles. The van der Waals surface area contributed by atoms with Crippen molar-refractivity contribution in [1.82, 2.24) is 0 Å². The molecule has 130 valence electrons. The monoisotopic (exact) mass is 346 g/mol. The highest BCUT2D eigenvalue weighted by molar-refractivity contribution is 6.12. The van der Waals surface area contributed by atoms with Gasteiger partial charge in [0.15, 0.2) is 0 Å². The summed E-state index contributed by atoms with van der Waals surface area (Å²) in [5, 5.41) is 13.0. The van der Waals surface area contributed by atoms with Crippen molar-refractivity contribution in [3.05, 3.63) is 83.9 Å². The van der Waals surface area contributed by atoms with Gasteiger partial charge in [-0.1, -0.05) is 24.3 Å². The van der Waals surface area contributed by atoms with Crippen molar-refractivity contribution in [2.45, 2.75) is 6.17 Å². The Morgan fingerprint density at radius 3 is 2.35 bits per heavy atom. The number of carbonyl (C=O) groups is 1. The number of fused-ring (bicyclic) bond motifs is 1. The lowest BCUT2D eigenvalue weighted by molar-refractivity contribution is 0.0975. The van der Waals surface area contributed by atoms with Gasteiger partial charge in [0.25, 0.3) is 5.91 Å². The van der Waals surface area contributed by atoms with Crippen molar-refractivity contribution in [2.75, 3.05) is 17.3 Å². The van der Waals surface area contributed by atoms with Crippen molar-refractivity contribution in [1.29, 1.82) is 0 Å². The van der Waals surface area contributed by atoms with Crippen LogP contribution in [0.5, 0.6) is 11.5 Å². The Bertz CT molecular complexity index is 936. The zero-order valence-corrected chi connectivity index (χ0v) is 14.2. The fraction of sp³-hybridized carbons (Fsp3) is 0.0952. The van der Waals surface area contributed by atoms with E-state index < -0.39 is 0 Å². The number of para-hydroxylation sites is 1. The summed E-state index contributed by atoms with van der Waals surface area (Å²) in [5.41, 5.74) is 3.05. The van der Waals surface area contributed by atoms with Crippen molar-refractivity contribution in [3.63, 3.8) is 0 Å². The minimum Gasteiger partial charge on any atom is -0.508 e. The Balaban J connectivity index is 1.82. The lowest BCUT2D eigenvalue weighted by atomic mass is 10.0. The van der Waals surface area contributed by atoms with Gasteiger partial charge in [0.05, 0.1) is 12.7 Å². The maximum atomic E-state index is 13.2. The SMILES string of the molecule is COc1ccc([C@@H]2Nc3ccccc3C(=O)N2c2ccc(O)cc2)cc1. The summed E-state index contributed by atoms with van der Waals surface area (Å²) >= 11 is 0. The van der Waals surface area contributed by atoms with Gasteiger partial charge in [0.2, 0.25) is 0 Å². The lowest BCUT2D eigenvalue weighted by Crippen LogP contribution is -2.43. The van der Waals surface area contributed by atoms with Gasteiger partial charge >= 0.3 is 0 Å². The van der Waals surface area contributed by atoms with Crippen molar-refractivity contribution >= 4 is 17.3 Å². The maximum absolute atomic E-state index is 13.2. The average molecular weight is 346 g/mol. The Morgan fingerprint density at radius 1 is 0.962 bits per heavy atom. The first kappa shape index (κ1) is 16.0. The molecule has 4 rings (SSSR count). The second-order valence-electron chi connectivity index (χ2n) is 6.06. The van der Waals surface area contributed by atoms with E-state index in [9.17, 15) is 9.90 Å². The number of anilines is 2. The number of nitrogens with one attached hydrogen (secondary N) is 1. The highest BCUT2D eigenvalue weighted by atomic mass is 16.5. The second-order valence-corrected chi connectivity index (χ2v) is 6.06. The van der Waals surface area contributed by atoms with Crippen LogP contribution in [0.4, 0.5) is 11.4 Å². The van der Waals surface area contributed by atoms with Crippen LogP contribution in [-0.4, -0.2) is 18.1 Å². The summed E-state index contributed by atoms with van der Waals surface area (Å²) in [4.78, 5) is 14.9. The zero-order valence-electron chi connectivity index (χ0n) is 14.2. The number of amides is 1. The molecule has 1 aliphatic heterocycles. The Kier molecular flexibility index (Phi) is 3.97. The van der Waals surface area contributed by atoms with E-state index in [-0.39, 0.29) is 17.8 Å². The van der Waals surface area contributed by atoms with Crippen molar-refractivity contribution in [3.8, 4) is 11.5 Å². The molecule has 0 spiro atoms. The zero-order chi connectivity index (χ0) is 18.1. The predicted molar refractivity (Wildman–Crippen MR) is 101 cm³/mol. The summed E-state index contributed by atoms with van der Waals surface area (Å²) in [6.45, 7) is 0. The standard InChI is InChI=1S/C21H18N2O3/c1-26-17-12-6-14(7-13-17)20-22-19-5-3-2-4-18(19)21(25)23(20)15-8-10-16(24)11-9-15/h2-13,20,22,24H,1H3/t20-/m1/s1. The van der Waals surface area contributed by atoms with Crippen LogP contribution in [0.25, 0.3) is 0 Å². The molecule has 3 aromatic carbocycles. The molecule has 2 N–H and O–H groups in total. The highest BCUT2D eigenvalue weighted by Crippen LogP contribution is 2.37. The van der Waals surface area contributed by atoms with E-state index in [1.807, 2.05) is 48.5 Å². The van der Waals surface area contributed by atoms with Gasteiger partial charge in [0.1, 0.15) is 17.7 Å². The molecule has 0 radical (unpaired) electrons. The lowest BCUT2D eigenvalue weighted by Gasteiger charge is -2.38. The molecule has 1 amide bonds. The van der Waals surface area contributed by atoms with Gasteiger partial charge < -0.3 is 15.2 Å². The molecule has 0 aliphatic carbocycles. The van der Waals surface area contributed by atoms with Gasteiger partial charge in [0, 0.05) is 11.4 Å². The summed E-state index contributed by atoms with van der Waals surface area (Å²) < 4.78 is 5.23. The third-order valence-corrected chi connectivity index (χ3v) is 4.49. The summed E-state index contributed by atoms with van der Waals surface area (Å²) in [7, 11) is 1.62. The van der Waals surface area contributed by atoms with Crippen LogP contribution >= 0.6 is 0 Å². The fourth-order valence-corrected chi connectivity index (χ4v) is 3.15. The molecule has 1 atom stereocenters. The van der Waals surface area contributed by atoms with E-state index >= 15 is 0 Å². The summed E-state index contributed by atoms with van der Waals surface area (Å²) in [6.07, 6.45) is -0.368. The Morgan fingerprint density at radius 2 is 1.65 bits per heavy atom. The number of benzene rings is 3. The third kappa shape index (κ3) is 2.73. The van der Waals surface area contributed by atoms with E-state index in [4.69, 9.17) is 4.74 Å². The largest absolute Gasteiger partial charge is 0.508 e. The number of rotatable bonds is 3. The van der Waals surface area contributed by atoms with Gasteiger partial charge in [-0.25, -0.2) is 0 Å². The van der Waals surface area contributed by atoms with E-state index in [2.05, 4.69) is 5.32 Å². The molecule has 0 bridgehead atoms. The number of hydrogen-bond donors (Lipinski definition) is 2. The first-order valence-corrected chi connectivity index (χ1v) is 8.29. The molecule has 26 heavy (non-hydrogen) atoms. The van der Waals surface area contributed by atoms with Crippen LogP contribution in [0, 0.1) is 0 Å². The minimum absolute atomic E-state index is 0.0918. The predicted octanol–water partition coefficient (Wildman–Crippen LogP) is 4.17. The van der Waals surface area contributed by atoms with E-state index in [0.717, 1.165) is 17.0 Å². The van der Waals surface area contributed by atoms with Crippen LogP contribution in [0.1, 0.15) is 22.1 Å². The van der Waals surface area contributed by atoms with Crippen LogP contribution < -0.4 is 15.0 Å². The molecule has 5 nitrogen and oxygen atoms in total. The molecule has 1 aliphatic rings. The van der Waals surface area contributed by atoms with E-state index in [0.29, 0.717) is 11.3 Å². The first-order valence-electron chi connectivity index (χ1n) is 8.29. The van der Waals surface area contributed by atoms with Gasteiger partial charge in [-0.2, -0.15) is 0 Å². The van der Waals surface area contributed by atoms with E-state index in [1.54, 1.807) is 36.3 Å². The normalized spacial score (nSPS) is 16.0. The molecule has 5 heteroatoms. The number of aromatic hydroxyl groups is 1. The topological polar surface area (TPSA) is 61.8 Å². The van der Waals surface area contributed by atoms with Crippen molar-refractivity contribution in [2.24, 2.45) is 0 Å². The number of phenolic OH excluding ortho intramolecular Hbond substituents is 1. The third-order valence-electron chi connectivity index (χ3n) is 4.49.